The second-order valence-electron chi connectivity index (χ2n) is 6.83. The van der Waals surface area contributed by atoms with Crippen LogP contribution < -0.4 is 0 Å². The Labute approximate surface area is 114 Å². The summed E-state index contributed by atoms with van der Waals surface area (Å²) in [7, 11) is -1.61. The topological polar surface area (TPSA) is 49.7 Å². The third-order valence-electron chi connectivity index (χ3n) is 4.11. The van der Waals surface area contributed by atoms with Crippen LogP contribution in [0, 0.1) is 5.92 Å². The van der Waals surface area contributed by atoms with E-state index < -0.39 is 8.32 Å². The molecule has 0 bridgehead atoms. The van der Waals surface area contributed by atoms with Crippen molar-refractivity contribution in [3.63, 3.8) is 0 Å². The molecule has 0 unspecified atom stereocenters. The molecule has 0 heterocycles. The zero-order valence-electron chi connectivity index (χ0n) is 13.0. The summed E-state index contributed by atoms with van der Waals surface area (Å²) in [6.45, 7) is 14.0. The van der Waals surface area contributed by atoms with Crippen LogP contribution in [0.2, 0.25) is 18.1 Å². The minimum absolute atomic E-state index is 0.0219. The average Bonchev–Trinajstić information content (AvgIpc) is 2.25. The maximum absolute atomic E-state index is 9.71. The Kier molecular flexibility index (Phi) is 7.67. The first kappa shape index (κ1) is 18.1. The van der Waals surface area contributed by atoms with Crippen molar-refractivity contribution in [2.75, 3.05) is 13.2 Å². The van der Waals surface area contributed by atoms with Gasteiger partial charge in [-0.25, -0.2) is 0 Å². The molecule has 0 spiro atoms. The predicted octanol–water partition coefficient (Wildman–Crippen LogP) is 3.17. The molecule has 0 aliphatic heterocycles. The zero-order chi connectivity index (χ0) is 14.4. The van der Waals surface area contributed by atoms with Gasteiger partial charge in [-0.3, -0.25) is 0 Å². The standard InChI is InChI=1S/C14H32O3Si/c1-12(11-15)13(16)9-7-8-10-17-18(5,6)14(2,3)4/h12-13,15-16H,7-11H2,1-6H3/t12-,13-/m1/s1. The Hall–Kier alpha value is 0.0969. The number of unbranched alkanes of at least 4 members (excludes halogenated alkanes) is 1. The first-order valence-corrected chi connectivity index (χ1v) is 9.95. The van der Waals surface area contributed by atoms with E-state index in [0.717, 1.165) is 25.9 Å². The van der Waals surface area contributed by atoms with E-state index in [4.69, 9.17) is 9.53 Å². The zero-order valence-corrected chi connectivity index (χ0v) is 14.0. The quantitative estimate of drug-likeness (QED) is 0.529. The normalized spacial score (nSPS) is 16.7. The summed E-state index contributed by atoms with van der Waals surface area (Å²) in [4.78, 5) is 0. The monoisotopic (exact) mass is 276 g/mol. The second kappa shape index (κ2) is 7.63. The van der Waals surface area contributed by atoms with Crippen molar-refractivity contribution in [1.29, 1.82) is 0 Å². The molecule has 18 heavy (non-hydrogen) atoms. The fourth-order valence-electron chi connectivity index (χ4n) is 1.41. The Morgan fingerprint density at radius 1 is 1.17 bits per heavy atom. The van der Waals surface area contributed by atoms with Gasteiger partial charge in [0.25, 0.3) is 0 Å². The SMILES string of the molecule is C[C@H](CO)[C@H](O)CCCCO[Si](C)(C)C(C)(C)C. The van der Waals surface area contributed by atoms with Crippen molar-refractivity contribution in [3.8, 4) is 0 Å². The minimum Gasteiger partial charge on any atom is -0.417 e. The summed E-state index contributed by atoms with van der Waals surface area (Å²) in [6, 6.07) is 0. The molecule has 3 nitrogen and oxygen atoms in total. The van der Waals surface area contributed by atoms with Crippen LogP contribution in [0.1, 0.15) is 47.0 Å². The summed E-state index contributed by atoms with van der Waals surface area (Å²) in [5.74, 6) is -0.0219. The van der Waals surface area contributed by atoms with Crippen LogP contribution in [0.15, 0.2) is 0 Å². The highest BCUT2D eigenvalue weighted by atomic mass is 28.4. The molecule has 0 aliphatic rings. The largest absolute Gasteiger partial charge is 0.417 e. The van der Waals surface area contributed by atoms with Gasteiger partial charge in [0.2, 0.25) is 0 Å². The smallest absolute Gasteiger partial charge is 0.191 e. The van der Waals surface area contributed by atoms with Crippen LogP contribution in [0.5, 0.6) is 0 Å². The van der Waals surface area contributed by atoms with Gasteiger partial charge >= 0.3 is 0 Å². The maximum Gasteiger partial charge on any atom is 0.191 e. The van der Waals surface area contributed by atoms with Crippen LogP contribution in [0.25, 0.3) is 0 Å². The van der Waals surface area contributed by atoms with E-state index in [2.05, 4.69) is 33.9 Å². The van der Waals surface area contributed by atoms with E-state index >= 15 is 0 Å². The molecule has 0 fully saturated rings. The van der Waals surface area contributed by atoms with Crippen molar-refractivity contribution in [3.05, 3.63) is 0 Å². The number of hydrogen-bond acceptors (Lipinski definition) is 3. The van der Waals surface area contributed by atoms with Crippen molar-refractivity contribution >= 4 is 8.32 Å². The lowest BCUT2D eigenvalue weighted by Crippen LogP contribution is -2.41. The molecular weight excluding hydrogens is 244 g/mol. The Morgan fingerprint density at radius 3 is 2.17 bits per heavy atom. The molecule has 0 rings (SSSR count). The van der Waals surface area contributed by atoms with Gasteiger partial charge in [0.1, 0.15) is 0 Å². The molecule has 110 valence electrons. The average molecular weight is 276 g/mol. The van der Waals surface area contributed by atoms with Crippen LogP contribution in [-0.2, 0) is 4.43 Å². The molecule has 4 heteroatoms. The highest BCUT2D eigenvalue weighted by molar-refractivity contribution is 6.74. The fourth-order valence-corrected chi connectivity index (χ4v) is 2.49. The minimum atomic E-state index is -1.61. The van der Waals surface area contributed by atoms with Crippen molar-refractivity contribution in [2.45, 2.75) is 71.2 Å². The number of aliphatic hydroxyl groups excluding tert-OH is 2. The number of hydrogen-bond donors (Lipinski definition) is 2. The lowest BCUT2D eigenvalue weighted by Gasteiger charge is -2.36. The van der Waals surface area contributed by atoms with E-state index in [1.165, 1.54) is 0 Å². The van der Waals surface area contributed by atoms with E-state index in [1.54, 1.807) is 0 Å². The molecule has 0 radical (unpaired) electrons. The highest BCUT2D eigenvalue weighted by Gasteiger charge is 2.36. The molecule has 0 aromatic carbocycles. The van der Waals surface area contributed by atoms with Gasteiger partial charge in [0.15, 0.2) is 8.32 Å². The lowest BCUT2D eigenvalue weighted by atomic mass is 10.0. The summed E-state index contributed by atoms with van der Waals surface area (Å²) in [6.07, 6.45) is 2.31. The first-order chi connectivity index (χ1) is 8.12. The van der Waals surface area contributed by atoms with E-state index in [0.29, 0.717) is 0 Å². The molecule has 0 aliphatic carbocycles. The molecule has 0 amide bonds. The molecule has 0 aromatic heterocycles. The predicted molar refractivity (Wildman–Crippen MR) is 79.3 cm³/mol. The van der Waals surface area contributed by atoms with Gasteiger partial charge in [-0.15, -0.1) is 0 Å². The van der Waals surface area contributed by atoms with Gasteiger partial charge < -0.3 is 14.6 Å². The molecule has 0 aromatic rings. The van der Waals surface area contributed by atoms with Gasteiger partial charge in [0.05, 0.1) is 6.10 Å². The molecule has 0 saturated carbocycles. The second-order valence-corrected chi connectivity index (χ2v) is 11.6. The highest BCUT2D eigenvalue weighted by Crippen LogP contribution is 2.36. The number of rotatable bonds is 8. The van der Waals surface area contributed by atoms with E-state index in [9.17, 15) is 5.11 Å². The van der Waals surface area contributed by atoms with Crippen molar-refractivity contribution < 1.29 is 14.6 Å². The Balaban J connectivity index is 3.75. The van der Waals surface area contributed by atoms with Crippen molar-refractivity contribution in [2.24, 2.45) is 5.92 Å². The molecule has 2 N–H and O–H groups in total. The summed E-state index contributed by atoms with van der Waals surface area (Å²) >= 11 is 0. The Morgan fingerprint density at radius 2 is 1.72 bits per heavy atom. The van der Waals surface area contributed by atoms with E-state index in [-0.39, 0.29) is 23.7 Å². The molecular formula is C14H32O3Si. The van der Waals surface area contributed by atoms with Gasteiger partial charge in [-0.05, 0) is 37.4 Å². The van der Waals surface area contributed by atoms with Crippen LogP contribution >= 0.6 is 0 Å². The van der Waals surface area contributed by atoms with E-state index in [1.807, 2.05) is 6.92 Å². The van der Waals surface area contributed by atoms with Gasteiger partial charge in [-0.1, -0.05) is 27.7 Å². The molecule has 0 saturated heterocycles. The van der Waals surface area contributed by atoms with Crippen LogP contribution in [0.4, 0.5) is 0 Å². The third kappa shape index (κ3) is 6.32. The third-order valence-corrected chi connectivity index (χ3v) is 8.65. The molecule has 2 atom stereocenters. The van der Waals surface area contributed by atoms with Gasteiger partial charge in [-0.2, -0.15) is 0 Å². The maximum atomic E-state index is 9.71. The van der Waals surface area contributed by atoms with Crippen LogP contribution in [-0.4, -0.2) is 37.8 Å². The summed E-state index contributed by atoms with van der Waals surface area (Å²) in [5.41, 5.74) is 0. The summed E-state index contributed by atoms with van der Waals surface area (Å²) in [5, 5.41) is 18.9. The lowest BCUT2D eigenvalue weighted by molar-refractivity contribution is 0.0676. The summed E-state index contributed by atoms with van der Waals surface area (Å²) < 4.78 is 6.07. The Bertz CT molecular complexity index is 224. The van der Waals surface area contributed by atoms with Crippen LogP contribution in [0.3, 0.4) is 0 Å². The fraction of sp³-hybridized carbons (Fsp3) is 1.00. The van der Waals surface area contributed by atoms with Gasteiger partial charge in [0, 0.05) is 19.1 Å². The number of aliphatic hydroxyl groups is 2. The first-order valence-electron chi connectivity index (χ1n) is 7.04. The van der Waals surface area contributed by atoms with Crippen molar-refractivity contribution in [1.82, 2.24) is 0 Å².